The van der Waals surface area contributed by atoms with Crippen LogP contribution in [-0.4, -0.2) is 22.0 Å². The molecule has 1 fully saturated rings. The van der Waals surface area contributed by atoms with Gasteiger partial charge >= 0.3 is 12.1 Å². The van der Waals surface area contributed by atoms with E-state index in [0.717, 1.165) is 23.8 Å². The van der Waals surface area contributed by atoms with Crippen LogP contribution in [0.4, 0.5) is 17.6 Å². The second-order valence-electron chi connectivity index (χ2n) is 10.5. The summed E-state index contributed by atoms with van der Waals surface area (Å²) in [5, 5.41) is 22.2. The predicted molar refractivity (Wildman–Crippen MR) is 156 cm³/mol. The molecule has 6 rings (SSSR count). The molecule has 11 heteroatoms. The summed E-state index contributed by atoms with van der Waals surface area (Å²) in [5.74, 6) is -2.12. The number of rotatable bonds is 7. The molecule has 3 N–H and O–H groups in total. The molecule has 44 heavy (non-hydrogen) atoms. The van der Waals surface area contributed by atoms with Crippen molar-refractivity contribution in [3.05, 3.63) is 119 Å². The van der Waals surface area contributed by atoms with E-state index >= 15 is 0 Å². The smallest absolute Gasteiger partial charge is 0.416 e. The molecule has 220 valence electrons. The first kappa shape index (κ1) is 29.0. The largest absolute Gasteiger partial charge is 0.478 e. The van der Waals surface area contributed by atoms with Gasteiger partial charge in [-0.2, -0.15) is 18.4 Å². The molecule has 1 saturated carbocycles. The number of carbonyl (C=O) groups excluding carboxylic acids is 1. The van der Waals surface area contributed by atoms with Gasteiger partial charge in [0, 0.05) is 26.9 Å². The third-order valence-corrected chi connectivity index (χ3v) is 8.59. The highest BCUT2D eigenvalue weighted by Gasteiger charge is 2.46. The van der Waals surface area contributed by atoms with Crippen LogP contribution in [0.1, 0.15) is 50.2 Å². The zero-order valence-electron chi connectivity index (χ0n) is 22.6. The Morgan fingerprint density at radius 3 is 2.25 bits per heavy atom. The highest BCUT2D eigenvalue weighted by molar-refractivity contribution is 7.99. The Bertz CT molecular complexity index is 1970. The number of aromatic amines is 1. The number of aromatic carboxylic acids is 1. The third kappa shape index (κ3) is 5.64. The summed E-state index contributed by atoms with van der Waals surface area (Å²) in [4.78, 5) is 29.6. The lowest BCUT2D eigenvalue weighted by Crippen LogP contribution is -2.35. The maximum atomic E-state index is 14.4. The first-order valence-electron chi connectivity index (χ1n) is 13.3. The molecule has 0 atom stereocenters. The van der Waals surface area contributed by atoms with Crippen molar-refractivity contribution in [3.8, 4) is 17.2 Å². The van der Waals surface area contributed by atoms with Gasteiger partial charge in [-0.05, 0) is 96.3 Å². The average Bonchev–Trinajstić information content (AvgIpc) is 3.67. The summed E-state index contributed by atoms with van der Waals surface area (Å²) < 4.78 is 53.6. The molecular weight excluding hydrogens is 594 g/mol. The number of H-pyrrole nitrogens is 1. The number of hydrogen-bond donors (Lipinski definition) is 3. The molecule has 0 unspecified atom stereocenters. The Hall–Kier alpha value is -5.08. The molecule has 1 aliphatic rings. The zero-order chi connectivity index (χ0) is 31.2. The number of nitrogens with one attached hydrogen (secondary N) is 2. The molecule has 0 aliphatic heterocycles. The molecule has 0 saturated heterocycles. The van der Waals surface area contributed by atoms with Crippen molar-refractivity contribution >= 4 is 34.5 Å². The quantitative estimate of drug-likeness (QED) is 0.160. The number of nitrogens with zero attached hydrogens (tertiary/aromatic N) is 1. The maximum absolute atomic E-state index is 14.4. The normalized spacial score (nSPS) is 13.8. The second kappa shape index (κ2) is 10.9. The lowest BCUT2D eigenvalue weighted by Gasteiger charge is -2.19. The fraction of sp³-hybridized carbons (Fsp3) is 0.121. The Morgan fingerprint density at radius 2 is 1.64 bits per heavy atom. The second-order valence-corrected chi connectivity index (χ2v) is 11.6. The highest BCUT2D eigenvalue weighted by Crippen LogP contribution is 2.46. The number of hydrogen-bond acceptors (Lipinski definition) is 4. The molecule has 1 amide bonds. The number of carboxylic acid groups (broad SMARTS) is 1. The predicted octanol–water partition coefficient (Wildman–Crippen LogP) is 8.13. The minimum atomic E-state index is -4.47. The summed E-state index contributed by atoms with van der Waals surface area (Å²) in [6, 6.07) is 20.1. The van der Waals surface area contributed by atoms with Gasteiger partial charge in [-0.1, -0.05) is 23.9 Å². The van der Waals surface area contributed by atoms with E-state index in [9.17, 15) is 37.5 Å². The van der Waals surface area contributed by atoms with Gasteiger partial charge in [-0.15, -0.1) is 0 Å². The molecular formula is C33H21F4N3O3S. The first-order chi connectivity index (χ1) is 21.0. The summed E-state index contributed by atoms with van der Waals surface area (Å²) in [6.45, 7) is 0. The van der Waals surface area contributed by atoms with Crippen molar-refractivity contribution in [1.82, 2.24) is 10.3 Å². The third-order valence-electron chi connectivity index (χ3n) is 7.55. The van der Waals surface area contributed by atoms with E-state index in [1.54, 1.807) is 30.5 Å². The zero-order valence-corrected chi connectivity index (χ0v) is 23.4. The summed E-state index contributed by atoms with van der Waals surface area (Å²) in [7, 11) is 0. The number of fused-ring (bicyclic) bond motifs is 1. The lowest BCUT2D eigenvalue weighted by molar-refractivity contribution is -0.137. The molecule has 1 aliphatic carbocycles. The van der Waals surface area contributed by atoms with Crippen LogP contribution < -0.4 is 5.32 Å². The van der Waals surface area contributed by atoms with E-state index in [-0.39, 0.29) is 16.7 Å². The number of carbonyl (C=O) groups is 2. The fourth-order valence-electron chi connectivity index (χ4n) is 5.15. The molecule has 1 heterocycles. The van der Waals surface area contributed by atoms with Crippen molar-refractivity contribution in [2.24, 2.45) is 0 Å². The van der Waals surface area contributed by atoms with Gasteiger partial charge in [-0.25, -0.2) is 9.18 Å². The Morgan fingerprint density at radius 1 is 0.955 bits per heavy atom. The van der Waals surface area contributed by atoms with Gasteiger partial charge in [0.1, 0.15) is 5.82 Å². The van der Waals surface area contributed by atoms with Crippen molar-refractivity contribution in [2.75, 3.05) is 0 Å². The molecule has 0 spiro atoms. The Kier molecular flexibility index (Phi) is 7.18. The number of amides is 1. The molecule has 1 aromatic heterocycles. The maximum Gasteiger partial charge on any atom is 0.416 e. The standard InChI is InChI=1S/C33H21F4N3O3S/c34-24-12-18(16-38)11-20(13-24)21-14-26(30(41)40-32(9-10-32)22-3-1-19(2-4-22)31(42)43)29-27(15-21)39-17-28(29)44-25-7-5-23(6-8-25)33(35,36)37/h1-8,11-15,17,39H,9-10H2,(H,40,41)(H,42,43). The van der Waals surface area contributed by atoms with Crippen molar-refractivity contribution < 1.29 is 32.3 Å². The molecule has 5 aromatic rings. The van der Waals surface area contributed by atoms with Gasteiger partial charge in [0.2, 0.25) is 0 Å². The van der Waals surface area contributed by atoms with E-state index in [2.05, 4.69) is 10.3 Å². The number of alkyl halides is 3. The lowest BCUT2D eigenvalue weighted by atomic mass is 9.97. The van der Waals surface area contributed by atoms with Crippen LogP contribution in [0, 0.1) is 17.1 Å². The minimum Gasteiger partial charge on any atom is -0.478 e. The van der Waals surface area contributed by atoms with Gasteiger partial charge in [0.15, 0.2) is 0 Å². The van der Waals surface area contributed by atoms with Gasteiger partial charge in [-0.3, -0.25) is 4.79 Å². The van der Waals surface area contributed by atoms with Crippen LogP contribution in [0.5, 0.6) is 0 Å². The molecule has 0 bridgehead atoms. The minimum absolute atomic E-state index is 0.109. The molecule has 0 radical (unpaired) electrons. The molecule has 4 aromatic carbocycles. The van der Waals surface area contributed by atoms with Gasteiger partial charge in [0.05, 0.1) is 33.9 Å². The number of aromatic nitrogens is 1. The van der Waals surface area contributed by atoms with Crippen LogP contribution in [-0.2, 0) is 11.7 Å². The van der Waals surface area contributed by atoms with Crippen LogP contribution >= 0.6 is 11.8 Å². The Balaban J connectivity index is 1.42. The van der Waals surface area contributed by atoms with Crippen LogP contribution in [0.3, 0.4) is 0 Å². The first-order valence-corrected chi connectivity index (χ1v) is 14.2. The van der Waals surface area contributed by atoms with Crippen molar-refractivity contribution in [2.45, 2.75) is 34.3 Å². The number of nitriles is 1. The fourth-order valence-corrected chi connectivity index (χ4v) is 6.12. The highest BCUT2D eigenvalue weighted by atomic mass is 32.2. The summed E-state index contributed by atoms with van der Waals surface area (Å²) in [6.07, 6.45) is -1.56. The summed E-state index contributed by atoms with van der Waals surface area (Å²) in [5.41, 5.74) is 1.12. The van der Waals surface area contributed by atoms with Crippen LogP contribution in [0.2, 0.25) is 0 Å². The van der Waals surface area contributed by atoms with E-state index in [1.165, 1.54) is 48.2 Å². The number of halogens is 4. The van der Waals surface area contributed by atoms with Gasteiger partial charge in [0.25, 0.3) is 5.91 Å². The van der Waals surface area contributed by atoms with Crippen molar-refractivity contribution in [3.63, 3.8) is 0 Å². The average molecular weight is 616 g/mol. The number of carboxylic acids is 1. The molecule has 6 nitrogen and oxygen atoms in total. The monoisotopic (exact) mass is 615 g/mol. The Labute approximate surface area is 252 Å². The summed E-state index contributed by atoms with van der Waals surface area (Å²) >= 11 is 1.18. The van der Waals surface area contributed by atoms with Gasteiger partial charge < -0.3 is 15.4 Å². The van der Waals surface area contributed by atoms with Crippen molar-refractivity contribution in [1.29, 1.82) is 5.26 Å². The van der Waals surface area contributed by atoms with E-state index < -0.39 is 35.0 Å². The van der Waals surface area contributed by atoms with E-state index in [1.807, 2.05) is 6.07 Å². The van der Waals surface area contributed by atoms with E-state index in [4.69, 9.17) is 0 Å². The topological polar surface area (TPSA) is 106 Å². The SMILES string of the molecule is N#Cc1cc(F)cc(-c2cc(C(=O)NC3(c4ccc(C(=O)O)cc4)CC3)c3c(Sc4ccc(C(F)(F)F)cc4)c[nH]c3c2)c1. The number of benzene rings is 4. The van der Waals surface area contributed by atoms with E-state index in [0.29, 0.717) is 44.7 Å². The van der Waals surface area contributed by atoms with Crippen LogP contribution in [0.25, 0.3) is 22.0 Å². The van der Waals surface area contributed by atoms with Crippen LogP contribution in [0.15, 0.2) is 94.9 Å².